The number of hydrogen-bond donors (Lipinski definition) is 1. The molecule has 0 atom stereocenters. The number of halogens is 1. The Balaban J connectivity index is 1.65. The second kappa shape index (κ2) is 8.06. The third kappa shape index (κ3) is 4.36. The molecule has 28 heavy (non-hydrogen) atoms. The minimum Gasteiger partial charge on any atom is -0.478 e. The third-order valence-corrected chi connectivity index (χ3v) is 4.87. The third-order valence-electron chi connectivity index (χ3n) is 4.62. The molecule has 1 aliphatic rings. The van der Waals surface area contributed by atoms with Gasteiger partial charge in [-0.15, -0.1) is 0 Å². The van der Waals surface area contributed by atoms with Crippen LogP contribution in [0.15, 0.2) is 42.6 Å². The van der Waals surface area contributed by atoms with Crippen LogP contribution >= 0.6 is 11.6 Å². The number of ether oxygens (including phenoxy) is 1. The number of nitrogens with zero attached hydrogens (tertiary/aromatic N) is 3. The van der Waals surface area contributed by atoms with E-state index >= 15 is 0 Å². The van der Waals surface area contributed by atoms with Crippen LogP contribution in [-0.4, -0.2) is 53.5 Å². The molecule has 0 aliphatic carbocycles. The van der Waals surface area contributed by atoms with E-state index in [4.69, 9.17) is 22.1 Å². The predicted molar refractivity (Wildman–Crippen MR) is 108 cm³/mol. The van der Waals surface area contributed by atoms with Gasteiger partial charge in [-0.3, -0.25) is 9.59 Å². The van der Waals surface area contributed by atoms with Crippen molar-refractivity contribution < 1.29 is 14.3 Å². The van der Waals surface area contributed by atoms with Crippen molar-refractivity contribution >= 4 is 29.2 Å². The number of rotatable bonds is 5. The Hall–Kier alpha value is -2.80. The zero-order valence-electron chi connectivity index (χ0n) is 15.9. The van der Waals surface area contributed by atoms with Gasteiger partial charge in [0, 0.05) is 37.4 Å². The second-order valence-electron chi connectivity index (χ2n) is 7.08. The van der Waals surface area contributed by atoms with Gasteiger partial charge < -0.3 is 20.3 Å². The summed E-state index contributed by atoms with van der Waals surface area (Å²) >= 11 is 5.89. The molecule has 1 aliphatic heterocycles. The van der Waals surface area contributed by atoms with Crippen LogP contribution in [0.4, 0.5) is 5.82 Å². The summed E-state index contributed by atoms with van der Waals surface area (Å²) in [7, 11) is 0. The summed E-state index contributed by atoms with van der Waals surface area (Å²) in [5.74, 6) is 0.525. The fourth-order valence-electron chi connectivity index (χ4n) is 3.18. The molecule has 1 aromatic carbocycles. The normalized spacial score (nSPS) is 14.7. The van der Waals surface area contributed by atoms with Crippen molar-refractivity contribution in [2.75, 3.05) is 31.1 Å². The van der Waals surface area contributed by atoms with Crippen LogP contribution < -0.4 is 15.4 Å². The number of amides is 2. The van der Waals surface area contributed by atoms with Crippen molar-refractivity contribution in [2.45, 2.75) is 19.4 Å². The van der Waals surface area contributed by atoms with Crippen LogP contribution in [0.3, 0.4) is 0 Å². The number of piperazine rings is 1. The van der Waals surface area contributed by atoms with Crippen molar-refractivity contribution in [3.63, 3.8) is 0 Å². The summed E-state index contributed by atoms with van der Waals surface area (Å²) in [4.78, 5) is 32.6. The highest BCUT2D eigenvalue weighted by molar-refractivity contribution is 6.30. The van der Waals surface area contributed by atoms with Gasteiger partial charge in [-0.25, -0.2) is 4.98 Å². The number of anilines is 1. The SMILES string of the molecule is CC(C)(Oc1ccc(Cl)cc1)C(=O)N1CCN(c2ncccc2C(N)=O)CC1. The van der Waals surface area contributed by atoms with Gasteiger partial charge in [0.25, 0.3) is 11.8 Å². The lowest BCUT2D eigenvalue weighted by molar-refractivity contribution is -0.145. The van der Waals surface area contributed by atoms with Crippen LogP contribution in [0, 0.1) is 0 Å². The Bertz CT molecular complexity index is 862. The van der Waals surface area contributed by atoms with E-state index in [2.05, 4.69) is 4.98 Å². The standard InChI is InChI=1S/C20H23ClN4O3/c1-20(2,28-15-7-5-14(21)6-8-15)19(27)25-12-10-24(11-13-25)18-16(17(22)26)4-3-9-23-18/h3-9H,10-13H2,1-2H3,(H2,22,26). The van der Waals surface area contributed by atoms with E-state index in [1.807, 2.05) is 4.90 Å². The Kier molecular flexibility index (Phi) is 5.74. The highest BCUT2D eigenvalue weighted by Gasteiger charge is 2.36. The number of pyridine rings is 1. The minimum atomic E-state index is -1.01. The highest BCUT2D eigenvalue weighted by Crippen LogP contribution is 2.24. The van der Waals surface area contributed by atoms with Crippen molar-refractivity contribution in [3.05, 3.63) is 53.2 Å². The molecular weight excluding hydrogens is 380 g/mol. The Labute approximate surface area is 169 Å². The zero-order chi connectivity index (χ0) is 20.3. The molecule has 3 rings (SSSR count). The lowest BCUT2D eigenvalue weighted by Gasteiger charge is -2.39. The van der Waals surface area contributed by atoms with Crippen LogP contribution in [0.5, 0.6) is 5.75 Å². The quantitative estimate of drug-likeness (QED) is 0.829. The van der Waals surface area contributed by atoms with E-state index in [-0.39, 0.29) is 5.91 Å². The molecule has 0 bridgehead atoms. The number of primary amides is 1. The lowest BCUT2D eigenvalue weighted by atomic mass is 10.1. The van der Waals surface area contributed by atoms with E-state index in [1.165, 1.54) is 0 Å². The molecule has 0 spiro atoms. The summed E-state index contributed by atoms with van der Waals surface area (Å²) in [6.07, 6.45) is 1.63. The van der Waals surface area contributed by atoms with Crippen molar-refractivity contribution in [1.29, 1.82) is 0 Å². The fraction of sp³-hybridized carbons (Fsp3) is 0.350. The average molecular weight is 403 g/mol. The molecule has 148 valence electrons. The van der Waals surface area contributed by atoms with Crippen LogP contribution in [0.25, 0.3) is 0 Å². The van der Waals surface area contributed by atoms with Gasteiger partial charge in [0.05, 0.1) is 5.56 Å². The van der Waals surface area contributed by atoms with Gasteiger partial charge >= 0.3 is 0 Å². The van der Waals surface area contributed by atoms with E-state index in [0.29, 0.717) is 48.3 Å². The number of benzene rings is 1. The predicted octanol–water partition coefficient (Wildman–Crippen LogP) is 2.34. The van der Waals surface area contributed by atoms with Gasteiger partial charge in [0.1, 0.15) is 11.6 Å². The number of carbonyl (C=O) groups is 2. The van der Waals surface area contributed by atoms with Crippen LogP contribution in [-0.2, 0) is 4.79 Å². The number of aromatic nitrogens is 1. The molecule has 0 unspecified atom stereocenters. The second-order valence-corrected chi connectivity index (χ2v) is 7.52. The minimum absolute atomic E-state index is 0.0988. The summed E-state index contributed by atoms with van der Waals surface area (Å²) in [6.45, 7) is 5.61. The molecule has 1 saturated heterocycles. The smallest absolute Gasteiger partial charge is 0.266 e. The molecule has 2 N–H and O–H groups in total. The zero-order valence-corrected chi connectivity index (χ0v) is 16.6. The van der Waals surface area contributed by atoms with Crippen LogP contribution in [0.1, 0.15) is 24.2 Å². The first-order chi connectivity index (χ1) is 13.3. The Morgan fingerprint density at radius 1 is 1.11 bits per heavy atom. The first-order valence-corrected chi connectivity index (χ1v) is 9.39. The first-order valence-electron chi connectivity index (χ1n) is 9.01. The maximum absolute atomic E-state index is 13.0. The van der Waals surface area contributed by atoms with Crippen molar-refractivity contribution in [2.24, 2.45) is 5.73 Å². The average Bonchev–Trinajstić information content (AvgIpc) is 2.69. The first kappa shape index (κ1) is 19.9. The molecule has 7 nitrogen and oxygen atoms in total. The molecule has 2 aromatic rings. The summed E-state index contributed by atoms with van der Waals surface area (Å²) < 4.78 is 5.90. The molecule has 2 amide bonds. The van der Waals surface area contributed by atoms with E-state index < -0.39 is 11.5 Å². The van der Waals surface area contributed by atoms with E-state index in [1.54, 1.807) is 61.3 Å². The van der Waals surface area contributed by atoms with Gasteiger partial charge in [-0.2, -0.15) is 0 Å². The molecule has 1 aromatic heterocycles. The fourth-order valence-corrected chi connectivity index (χ4v) is 3.31. The largest absolute Gasteiger partial charge is 0.478 e. The van der Waals surface area contributed by atoms with Crippen LogP contribution in [0.2, 0.25) is 5.02 Å². The topological polar surface area (TPSA) is 88.8 Å². The maximum atomic E-state index is 13.0. The van der Waals surface area contributed by atoms with Gasteiger partial charge in [0.15, 0.2) is 5.60 Å². The summed E-state index contributed by atoms with van der Waals surface area (Å²) in [5.41, 5.74) is 4.81. The van der Waals surface area contributed by atoms with Crippen molar-refractivity contribution in [3.8, 4) is 5.75 Å². The summed E-state index contributed by atoms with van der Waals surface area (Å²) in [6, 6.07) is 10.3. The molecule has 0 radical (unpaired) electrons. The van der Waals surface area contributed by atoms with E-state index in [9.17, 15) is 9.59 Å². The molecule has 8 heteroatoms. The Morgan fingerprint density at radius 2 is 1.75 bits per heavy atom. The number of carbonyl (C=O) groups excluding carboxylic acids is 2. The van der Waals surface area contributed by atoms with E-state index in [0.717, 1.165) is 0 Å². The number of hydrogen-bond acceptors (Lipinski definition) is 5. The maximum Gasteiger partial charge on any atom is 0.266 e. The number of nitrogens with two attached hydrogens (primary N) is 1. The molecule has 0 saturated carbocycles. The molecular formula is C20H23ClN4O3. The lowest BCUT2D eigenvalue weighted by Crippen LogP contribution is -2.56. The van der Waals surface area contributed by atoms with Gasteiger partial charge in [-0.05, 0) is 50.2 Å². The monoisotopic (exact) mass is 402 g/mol. The summed E-state index contributed by atoms with van der Waals surface area (Å²) in [5, 5.41) is 0.609. The van der Waals surface area contributed by atoms with Crippen molar-refractivity contribution in [1.82, 2.24) is 9.88 Å². The molecule has 1 fully saturated rings. The Morgan fingerprint density at radius 3 is 2.36 bits per heavy atom. The van der Waals surface area contributed by atoms with Gasteiger partial charge in [0.2, 0.25) is 0 Å². The highest BCUT2D eigenvalue weighted by atomic mass is 35.5. The molecule has 2 heterocycles. The van der Waals surface area contributed by atoms with Gasteiger partial charge in [-0.1, -0.05) is 11.6 Å².